The van der Waals surface area contributed by atoms with E-state index >= 15 is 0 Å². The summed E-state index contributed by atoms with van der Waals surface area (Å²) in [5.74, 6) is 0.752. The predicted octanol–water partition coefficient (Wildman–Crippen LogP) is 4.42. The fraction of sp³-hybridized carbons (Fsp3) is 0.438. The Hall–Kier alpha value is -1.37. The summed E-state index contributed by atoms with van der Waals surface area (Å²) in [5, 5.41) is 0. The summed E-state index contributed by atoms with van der Waals surface area (Å²) in [6, 6.07) is 7.96. The van der Waals surface area contributed by atoms with Crippen LogP contribution in [0.5, 0.6) is 0 Å². The molecule has 0 saturated carbocycles. The van der Waals surface area contributed by atoms with Gasteiger partial charge in [0.15, 0.2) is 5.78 Å². The maximum Gasteiger partial charge on any atom is 0.159 e. The molecule has 1 aromatic carbocycles. The zero-order chi connectivity index (χ0) is 12.8. The van der Waals surface area contributed by atoms with Crippen molar-refractivity contribution in [3.8, 4) is 0 Å². The molecule has 0 aliphatic heterocycles. The van der Waals surface area contributed by atoms with E-state index in [0.29, 0.717) is 5.92 Å². The number of aryl methyl sites for hydroxylation is 1. The van der Waals surface area contributed by atoms with Crippen LogP contribution >= 0.6 is 0 Å². The lowest BCUT2D eigenvalue weighted by atomic mass is 9.98. The van der Waals surface area contributed by atoms with Gasteiger partial charge < -0.3 is 0 Å². The van der Waals surface area contributed by atoms with Crippen LogP contribution in [0.4, 0.5) is 0 Å². The minimum Gasteiger partial charge on any atom is -0.295 e. The van der Waals surface area contributed by atoms with E-state index < -0.39 is 0 Å². The molecule has 1 aromatic rings. The molecule has 1 rings (SSSR count). The fourth-order valence-electron chi connectivity index (χ4n) is 1.95. The van der Waals surface area contributed by atoms with Crippen LogP contribution in [0.3, 0.4) is 0 Å². The van der Waals surface area contributed by atoms with Crippen LogP contribution in [0.15, 0.2) is 35.9 Å². The van der Waals surface area contributed by atoms with Gasteiger partial charge in [0.2, 0.25) is 0 Å². The Bertz CT molecular complexity index is 394. The molecule has 0 N–H and O–H groups in total. The second-order valence-electron chi connectivity index (χ2n) is 5.01. The number of benzene rings is 1. The average Bonchev–Trinajstić information content (AvgIpc) is 2.26. The predicted molar refractivity (Wildman–Crippen MR) is 73.4 cm³/mol. The summed E-state index contributed by atoms with van der Waals surface area (Å²) in [7, 11) is 0. The van der Waals surface area contributed by atoms with Gasteiger partial charge in [-0.2, -0.15) is 0 Å². The molecule has 0 saturated heterocycles. The smallest absolute Gasteiger partial charge is 0.159 e. The number of ketones is 1. The van der Waals surface area contributed by atoms with Gasteiger partial charge in [-0.3, -0.25) is 4.79 Å². The number of hydrogen-bond acceptors (Lipinski definition) is 1. The van der Waals surface area contributed by atoms with Gasteiger partial charge in [-0.1, -0.05) is 42.8 Å². The zero-order valence-corrected chi connectivity index (χ0v) is 11.3. The van der Waals surface area contributed by atoms with Crippen LogP contribution in [0.25, 0.3) is 0 Å². The number of hydrogen-bond donors (Lipinski definition) is 0. The third kappa shape index (κ3) is 4.99. The Labute approximate surface area is 105 Å². The van der Waals surface area contributed by atoms with Crippen molar-refractivity contribution >= 4 is 5.78 Å². The summed E-state index contributed by atoms with van der Waals surface area (Å²) in [6.45, 7) is 8.12. The Morgan fingerprint density at radius 2 is 1.76 bits per heavy atom. The van der Waals surface area contributed by atoms with Crippen LogP contribution in [0, 0.1) is 5.92 Å². The van der Waals surface area contributed by atoms with Gasteiger partial charge in [0, 0.05) is 5.56 Å². The molecule has 0 fully saturated rings. The Kier molecular flexibility index (Phi) is 5.14. The maximum atomic E-state index is 11.1. The van der Waals surface area contributed by atoms with Gasteiger partial charge in [0.25, 0.3) is 0 Å². The molecular formula is C16H22O. The SMILES string of the molecule is CC(=O)c1ccc(CCC(C)C=C(C)C)cc1. The van der Waals surface area contributed by atoms with Gasteiger partial charge in [0.05, 0.1) is 0 Å². The molecule has 0 amide bonds. The molecule has 17 heavy (non-hydrogen) atoms. The van der Waals surface area contributed by atoms with Crippen LogP contribution in [0.2, 0.25) is 0 Å². The highest BCUT2D eigenvalue weighted by atomic mass is 16.1. The molecule has 0 aromatic heterocycles. The summed E-state index contributed by atoms with van der Waals surface area (Å²) in [6.07, 6.45) is 4.54. The van der Waals surface area contributed by atoms with E-state index in [2.05, 4.69) is 39.0 Å². The zero-order valence-electron chi connectivity index (χ0n) is 11.3. The summed E-state index contributed by atoms with van der Waals surface area (Å²) in [4.78, 5) is 11.1. The lowest BCUT2D eigenvalue weighted by Gasteiger charge is -2.07. The highest BCUT2D eigenvalue weighted by Crippen LogP contribution is 2.13. The number of rotatable bonds is 5. The lowest BCUT2D eigenvalue weighted by molar-refractivity contribution is 0.101. The molecule has 92 valence electrons. The van der Waals surface area contributed by atoms with Crippen LogP contribution in [-0.2, 0) is 6.42 Å². The van der Waals surface area contributed by atoms with Crippen LogP contribution < -0.4 is 0 Å². The van der Waals surface area contributed by atoms with Crippen LogP contribution in [-0.4, -0.2) is 5.78 Å². The third-order valence-corrected chi connectivity index (χ3v) is 2.87. The quantitative estimate of drug-likeness (QED) is 0.540. The van der Waals surface area contributed by atoms with E-state index in [-0.39, 0.29) is 5.78 Å². The molecule has 0 aliphatic carbocycles. The van der Waals surface area contributed by atoms with Gasteiger partial charge in [-0.15, -0.1) is 0 Å². The highest BCUT2D eigenvalue weighted by molar-refractivity contribution is 5.93. The molecule has 0 radical (unpaired) electrons. The van der Waals surface area contributed by atoms with Crippen molar-refractivity contribution in [3.63, 3.8) is 0 Å². The minimum atomic E-state index is 0.134. The largest absolute Gasteiger partial charge is 0.295 e. The molecule has 0 bridgehead atoms. The van der Waals surface area contributed by atoms with Gasteiger partial charge in [-0.25, -0.2) is 0 Å². The first-order valence-corrected chi connectivity index (χ1v) is 6.24. The Balaban J connectivity index is 2.53. The third-order valence-electron chi connectivity index (χ3n) is 2.87. The molecule has 0 heterocycles. The highest BCUT2D eigenvalue weighted by Gasteiger charge is 2.01. The van der Waals surface area contributed by atoms with Gasteiger partial charge in [0.1, 0.15) is 0 Å². The van der Waals surface area contributed by atoms with E-state index in [4.69, 9.17) is 0 Å². The van der Waals surface area contributed by atoms with Crippen molar-refractivity contribution < 1.29 is 4.79 Å². The molecule has 1 heteroatoms. The number of Topliss-reactive ketones (excluding diaryl/α,β-unsaturated/α-hetero) is 1. The number of carbonyl (C=O) groups is 1. The minimum absolute atomic E-state index is 0.134. The molecule has 1 nitrogen and oxygen atoms in total. The Morgan fingerprint density at radius 3 is 2.24 bits per heavy atom. The van der Waals surface area contributed by atoms with Crippen molar-refractivity contribution in [1.82, 2.24) is 0 Å². The van der Waals surface area contributed by atoms with E-state index in [1.807, 2.05) is 12.1 Å². The lowest BCUT2D eigenvalue weighted by Crippen LogP contribution is -1.96. The number of allylic oxidation sites excluding steroid dienone is 2. The standard InChI is InChI=1S/C16H22O/c1-12(2)11-13(3)5-6-15-7-9-16(10-8-15)14(4)17/h7-11,13H,5-6H2,1-4H3. The second kappa shape index (κ2) is 6.39. The van der Waals surface area contributed by atoms with Gasteiger partial charge >= 0.3 is 0 Å². The van der Waals surface area contributed by atoms with Crippen molar-refractivity contribution in [2.24, 2.45) is 5.92 Å². The van der Waals surface area contributed by atoms with Crippen molar-refractivity contribution in [2.45, 2.75) is 40.5 Å². The average molecular weight is 230 g/mol. The summed E-state index contributed by atoms with van der Waals surface area (Å²) in [5.41, 5.74) is 3.49. The van der Waals surface area contributed by atoms with Crippen molar-refractivity contribution in [1.29, 1.82) is 0 Å². The van der Waals surface area contributed by atoms with Crippen molar-refractivity contribution in [3.05, 3.63) is 47.0 Å². The maximum absolute atomic E-state index is 11.1. The van der Waals surface area contributed by atoms with E-state index in [9.17, 15) is 4.79 Å². The topological polar surface area (TPSA) is 17.1 Å². The van der Waals surface area contributed by atoms with E-state index in [1.54, 1.807) is 6.92 Å². The first-order chi connectivity index (χ1) is 7.99. The monoisotopic (exact) mass is 230 g/mol. The molecule has 0 aliphatic rings. The number of carbonyl (C=O) groups excluding carboxylic acids is 1. The van der Waals surface area contributed by atoms with Crippen molar-refractivity contribution in [2.75, 3.05) is 0 Å². The first kappa shape index (κ1) is 13.7. The second-order valence-corrected chi connectivity index (χ2v) is 5.01. The Morgan fingerprint density at radius 1 is 1.18 bits per heavy atom. The molecule has 1 atom stereocenters. The van der Waals surface area contributed by atoms with Crippen LogP contribution in [0.1, 0.15) is 50.0 Å². The summed E-state index contributed by atoms with van der Waals surface area (Å²) >= 11 is 0. The van der Waals surface area contributed by atoms with E-state index in [1.165, 1.54) is 11.1 Å². The fourth-order valence-corrected chi connectivity index (χ4v) is 1.95. The first-order valence-electron chi connectivity index (χ1n) is 6.24. The summed E-state index contributed by atoms with van der Waals surface area (Å²) < 4.78 is 0. The molecular weight excluding hydrogens is 208 g/mol. The normalized spacial score (nSPS) is 12.0. The molecule has 1 unspecified atom stereocenters. The van der Waals surface area contributed by atoms with Gasteiger partial charge in [-0.05, 0) is 45.1 Å². The molecule has 0 spiro atoms. The van der Waals surface area contributed by atoms with E-state index in [0.717, 1.165) is 18.4 Å².